The number of halogens is 1. The molecule has 1 amide bonds. The maximum Gasteiger partial charge on any atom is 0.274 e. The largest absolute Gasteiger partial charge is 0.493 e. The number of carbonyl (C=O) groups excluding carboxylic acids is 1. The first-order valence-electron chi connectivity index (χ1n) is 12.4. The number of nitrogens with zero attached hydrogens (tertiary/aromatic N) is 6. The van der Waals surface area contributed by atoms with Crippen molar-refractivity contribution in [2.45, 2.75) is 43.0 Å². The van der Waals surface area contributed by atoms with Gasteiger partial charge in [0.1, 0.15) is 10.8 Å². The number of carbonyl (C=O) groups is 1. The molecule has 4 heterocycles. The van der Waals surface area contributed by atoms with Crippen molar-refractivity contribution in [2.75, 3.05) is 29.0 Å². The topological polar surface area (TPSA) is 152 Å². The summed E-state index contributed by atoms with van der Waals surface area (Å²) < 4.78 is 1.12. The Morgan fingerprint density at radius 3 is 2.74 bits per heavy atom. The normalized spacial score (nSPS) is 14.9. The van der Waals surface area contributed by atoms with Gasteiger partial charge in [0.15, 0.2) is 17.0 Å². The van der Waals surface area contributed by atoms with Gasteiger partial charge in [-0.3, -0.25) is 19.0 Å². The van der Waals surface area contributed by atoms with Crippen LogP contribution >= 0.6 is 23.4 Å². The van der Waals surface area contributed by atoms with E-state index in [1.54, 1.807) is 24.4 Å². The summed E-state index contributed by atoms with van der Waals surface area (Å²) in [6, 6.07) is 5.03. The molecular formula is C26H27ClN8O3S. The number of aromatic nitrogens is 5. The van der Waals surface area contributed by atoms with Crippen LogP contribution in [0.1, 0.15) is 43.5 Å². The number of piperidine rings is 1. The number of anilines is 3. The van der Waals surface area contributed by atoms with E-state index in [4.69, 9.17) is 17.3 Å². The fourth-order valence-electron chi connectivity index (χ4n) is 4.40. The average Bonchev–Trinajstić information content (AvgIpc) is 2.92. The Balaban J connectivity index is 1.34. The van der Waals surface area contributed by atoms with E-state index in [1.165, 1.54) is 30.4 Å². The van der Waals surface area contributed by atoms with Gasteiger partial charge in [-0.1, -0.05) is 49.7 Å². The van der Waals surface area contributed by atoms with Crippen LogP contribution in [0.15, 0.2) is 57.7 Å². The number of hydrogen-bond donors (Lipinski definition) is 3. The molecule has 5 rings (SSSR count). The van der Waals surface area contributed by atoms with Crippen LogP contribution < -0.4 is 21.5 Å². The highest BCUT2D eigenvalue weighted by atomic mass is 35.5. The molecule has 0 atom stereocenters. The third kappa shape index (κ3) is 5.34. The average molecular weight is 567 g/mol. The Morgan fingerprint density at radius 1 is 1.26 bits per heavy atom. The molecule has 4 N–H and O–H groups in total. The van der Waals surface area contributed by atoms with Crippen LogP contribution in [0.25, 0.3) is 5.65 Å². The van der Waals surface area contributed by atoms with Gasteiger partial charge in [0.05, 0.1) is 23.1 Å². The second-order valence-electron chi connectivity index (χ2n) is 9.66. The summed E-state index contributed by atoms with van der Waals surface area (Å²) in [6.45, 7) is 6.36. The van der Waals surface area contributed by atoms with Crippen LogP contribution in [-0.4, -0.2) is 48.4 Å². The van der Waals surface area contributed by atoms with Crippen molar-refractivity contribution >= 4 is 52.2 Å². The molecule has 3 aromatic heterocycles. The van der Waals surface area contributed by atoms with E-state index >= 15 is 0 Å². The van der Waals surface area contributed by atoms with Crippen molar-refractivity contribution in [3.8, 4) is 5.88 Å². The van der Waals surface area contributed by atoms with E-state index in [9.17, 15) is 14.7 Å². The summed E-state index contributed by atoms with van der Waals surface area (Å²) in [4.78, 5) is 45.4. The van der Waals surface area contributed by atoms with E-state index < -0.39 is 22.9 Å². The van der Waals surface area contributed by atoms with Gasteiger partial charge in [0.2, 0.25) is 5.88 Å². The number of benzene rings is 1. The highest BCUT2D eigenvalue weighted by molar-refractivity contribution is 7.99. The molecule has 0 aliphatic carbocycles. The molecular weight excluding hydrogens is 540 g/mol. The van der Waals surface area contributed by atoms with Gasteiger partial charge in [0.25, 0.3) is 11.5 Å². The molecule has 0 bridgehead atoms. The highest BCUT2D eigenvalue weighted by Gasteiger charge is 2.29. The Kier molecular flexibility index (Phi) is 7.32. The van der Waals surface area contributed by atoms with Crippen LogP contribution in [-0.2, 0) is 0 Å². The zero-order chi connectivity index (χ0) is 27.7. The lowest BCUT2D eigenvalue weighted by atomic mass is 9.78. The quantitative estimate of drug-likeness (QED) is 0.309. The number of fused-ring (bicyclic) bond motifs is 1. The zero-order valence-corrected chi connectivity index (χ0v) is 23.0. The van der Waals surface area contributed by atoms with Crippen LogP contribution in [0.5, 0.6) is 5.88 Å². The second-order valence-corrected chi connectivity index (χ2v) is 11.1. The van der Waals surface area contributed by atoms with E-state index in [0.29, 0.717) is 15.3 Å². The summed E-state index contributed by atoms with van der Waals surface area (Å²) in [6.07, 6.45) is 9.08. The van der Waals surface area contributed by atoms with Gasteiger partial charge < -0.3 is 21.1 Å². The van der Waals surface area contributed by atoms with E-state index in [2.05, 4.69) is 44.0 Å². The molecule has 1 fully saturated rings. The zero-order valence-electron chi connectivity index (χ0n) is 21.4. The minimum Gasteiger partial charge on any atom is -0.493 e. The number of nitrogens with two attached hydrogens (primary N) is 1. The fraction of sp³-hybridized carbons (Fsp3) is 0.308. The Morgan fingerprint density at radius 2 is 2.03 bits per heavy atom. The maximum absolute atomic E-state index is 13.0. The second kappa shape index (κ2) is 10.7. The standard InChI is InChI=1S/C26H27ClN8O3S/c1-3-26(2)7-10-34(11-8-26)17-14-30-24(21(28)32-17)39-16-6-4-5-15(20(16)27)31-22(36)19-23(37)33-18-13-29-9-12-35(18)25(19)38/h4-6,9,12-14,37H,3,7-8,10-11H2,1-2H3,(H2,28,32)(H,31,36). The molecule has 11 nitrogen and oxygen atoms in total. The monoisotopic (exact) mass is 566 g/mol. The van der Waals surface area contributed by atoms with Gasteiger partial charge in [0, 0.05) is 30.4 Å². The molecule has 1 saturated heterocycles. The summed E-state index contributed by atoms with van der Waals surface area (Å²) in [7, 11) is 0. The SMILES string of the molecule is CCC1(C)CCN(c2cnc(Sc3cccc(NC(=O)c4c(O)nc5cnccn5c4=O)c3Cl)c(N)n2)CC1. The number of nitrogens with one attached hydrogen (secondary N) is 1. The molecule has 39 heavy (non-hydrogen) atoms. The maximum atomic E-state index is 13.0. The third-order valence-corrected chi connectivity index (χ3v) is 8.75. The first-order valence-corrected chi connectivity index (χ1v) is 13.6. The molecule has 4 aromatic rings. The first-order chi connectivity index (χ1) is 18.7. The number of hydrogen-bond acceptors (Lipinski definition) is 10. The lowest BCUT2D eigenvalue weighted by Crippen LogP contribution is -2.39. The smallest absolute Gasteiger partial charge is 0.274 e. The summed E-state index contributed by atoms with van der Waals surface area (Å²) in [5.41, 5.74) is 5.71. The van der Waals surface area contributed by atoms with Crippen molar-refractivity contribution in [2.24, 2.45) is 5.41 Å². The third-order valence-electron chi connectivity index (χ3n) is 7.16. The van der Waals surface area contributed by atoms with Crippen LogP contribution in [0, 0.1) is 5.41 Å². The summed E-state index contributed by atoms with van der Waals surface area (Å²) >= 11 is 7.82. The van der Waals surface area contributed by atoms with Crippen LogP contribution in [0.3, 0.4) is 0 Å². The van der Waals surface area contributed by atoms with Crippen molar-refractivity contribution in [1.82, 2.24) is 24.3 Å². The van der Waals surface area contributed by atoms with Crippen molar-refractivity contribution in [3.63, 3.8) is 0 Å². The van der Waals surface area contributed by atoms with Gasteiger partial charge in [-0.25, -0.2) is 9.97 Å². The fourth-order valence-corrected chi connectivity index (χ4v) is 5.50. The predicted molar refractivity (Wildman–Crippen MR) is 151 cm³/mol. The van der Waals surface area contributed by atoms with Gasteiger partial charge in [-0.15, -0.1) is 0 Å². The van der Waals surface area contributed by atoms with E-state index in [0.717, 1.165) is 42.6 Å². The van der Waals surface area contributed by atoms with Crippen LogP contribution in [0.2, 0.25) is 5.02 Å². The van der Waals surface area contributed by atoms with Crippen LogP contribution in [0.4, 0.5) is 17.3 Å². The Labute approximate surface area is 233 Å². The molecule has 13 heteroatoms. The Hall–Kier alpha value is -3.90. The molecule has 1 aromatic carbocycles. The summed E-state index contributed by atoms with van der Waals surface area (Å²) in [5.74, 6) is -0.539. The van der Waals surface area contributed by atoms with Crippen molar-refractivity contribution in [1.29, 1.82) is 0 Å². The van der Waals surface area contributed by atoms with Crippen molar-refractivity contribution < 1.29 is 9.90 Å². The lowest BCUT2D eigenvalue weighted by Gasteiger charge is -2.39. The number of aromatic hydroxyl groups is 1. The first kappa shape index (κ1) is 26.7. The minimum absolute atomic E-state index is 0.109. The molecule has 0 saturated carbocycles. The van der Waals surface area contributed by atoms with E-state index in [-0.39, 0.29) is 22.2 Å². The Bertz CT molecular complexity index is 1620. The molecule has 0 radical (unpaired) electrons. The minimum atomic E-state index is -0.857. The molecule has 1 aliphatic rings. The molecule has 0 spiro atoms. The van der Waals surface area contributed by atoms with Crippen molar-refractivity contribution in [3.05, 3.63) is 63.9 Å². The molecule has 0 unspecified atom stereocenters. The highest BCUT2D eigenvalue weighted by Crippen LogP contribution is 2.39. The number of amides is 1. The summed E-state index contributed by atoms with van der Waals surface area (Å²) in [5, 5.41) is 13.5. The van der Waals surface area contributed by atoms with E-state index in [1.807, 2.05) is 0 Å². The number of nitrogen functional groups attached to an aromatic ring is 1. The van der Waals surface area contributed by atoms with Gasteiger partial charge in [-0.05, 0) is 30.4 Å². The van der Waals surface area contributed by atoms with Gasteiger partial charge >= 0.3 is 0 Å². The predicted octanol–water partition coefficient (Wildman–Crippen LogP) is 4.24. The van der Waals surface area contributed by atoms with Gasteiger partial charge in [-0.2, -0.15) is 4.98 Å². The molecule has 1 aliphatic heterocycles. The molecule has 202 valence electrons. The number of rotatable bonds is 6. The lowest BCUT2D eigenvalue weighted by molar-refractivity contribution is 0.102.